The second kappa shape index (κ2) is 7.08. The predicted molar refractivity (Wildman–Crippen MR) is 78.6 cm³/mol. The molecule has 1 aliphatic carbocycles. The van der Waals surface area contributed by atoms with Crippen LogP contribution in [-0.2, 0) is 9.53 Å². The highest BCUT2D eigenvalue weighted by atomic mass is 35.5. The van der Waals surface area contributed by atoms with Crippen molar-refractivity contribution >= 4 is 28.8 Å². The van der Waals surface area contributed by atoms with Gasteiger partial charge in [-0.3, -0.25) is 4.79 Å². The minimum Gasteiger partial charge on any atom is -0.374 e. The summed E-state index contributed by atoms with van der Waals surface area (Å²) in [5.74, 6) is 0.225. The number of ether oxygens (including phenoxy) is 1. The van der Waals surface area contributed by atoms with Crippen molar-refractivity contribution in [3.63, 3.8) is 0 Å². The lowest BCUT2D eigenvalue weighted by Gasteiger charge is -2.20. The molecule has 2 rings (SSSR count). The average Bonchev–Trinajstić information content (AvgIpc) is 2.87. The molecular formula is C14H18ClNO2S. The fourth-order valence-corrected chi connectivity index (χ4v) is 3.31. The van der Waals surface area contributed by atoms with Crippen LogP contribution in [0.5, 0.6) is 0 Å². The molecule has 0 bridgehead atoms. The molecule has 1 heterocycles. The Labute approximate surface area is 122 Å². The van der Waals surface area contributed by atoms with Crippen LogP contribution in [0.25, 0.3) is 0 Å². The molecule has 5 heteroatoms. The predicted octanol–water partition coefficient (Wildman–Crippen LogP) is 3.56. The Morgan fingerprint density at radius 1 is 1.58 bits per heavy atom. The lowest BCUT2D eigenvalue weighted by molar-refractivity contribution is -0.125. The zero-order valence-electron chi connectivity index (χ0n) is 10.9. The largest absolute Gasteiger partial charge is 0.374 e. The summed E-state index contributed by atoms with van der Waals surface area (Å²) in [4.78, 5) is 13.1. The van der Waals surface area contributed by atoms with E-state index in [1.165, 1.54) is 11.3 Å². The normalized spacial score (nSPS) is 20.2. The zero-order chi connectivity index (χ0) is 13.7. The Morgan fingerprint density at radius 2 is 2.42 bits per heavy atom. The van der Waals surface area contributed by atoms with Gasteiger partial charge in [-0.2, -0.15) is 0 Å². The van der Waals surface area contributed by atoms with Gasteiger partial charge in [-0.15, -0.1) is 11.3 Å². The molecule has 19 heavy (non-hydrogen) atoms. The summed E-state index contributed by atoms with van der Waals surface area (Å²) >= 11 is 7.40. The van der Waals surface area contributed by atoms with Crippen molar-refractivity contribution in [2.75, 3.05) is 13.7 Å². The van der Waals surface area contributed by atoms with Gasteiger partial charge in [0.2, 0.25) is 5.91 Å². The standard InChI is InChI=1S/C14H18ClNO2S/c1-18-11(12-7-8-13(15)19-12)9-16-14(17)10-5-3-2-4-6-10/h2-3,7-8,10-11H,4-6,9H2,1H3,(H,16,17)/t10-,11+/m1/s1. The van der Waals surface area contributed by atoms with Crippen LogP contribution in [0.1, 0.15) is 30.2 Å². The molecule has 0 fully saturated rings. The monoisotopic (exact) mass is 299 g/mol. The summed E-state index contributed by atoms with van der Waals surface area (Å²) in [6.07, 6.45) is 6.86. The maximum absolute atomic E-state index is 12.0. The van der Waals surface area contributed by atoms with Crippen molar-refractivity contribution < 1.29 is 9.53 Å². The lowest BCUT2D eigenvalue weighted by atomic mass is 9.93. The number of hydrogen-bond acceptors (Lipinski definition) is 3. The van der Waals surface area contributed by atoms with E-state index >= 15 is 0 Å². The minimum atomic E-state index is -0.124. The molecule has 0 radical (unpaired) electrons. The smallest absolute Gasteiger partial charge is 0.223 e. The molecule has 1 amide bonds. The summed E-state index contributed by atoms with van der Waals surface area (Å²) in [5, 5.41) is 2.98. The van der Waals surface area contributed by atoms with Crippen molar-refractivity contribution in [1.29, 1.82) is 0 Å². The molecular weight excluding hydrogens is 282 g/mol. The number of hydrogen-bond donors (Lipinski definition) is 1. The number of halogens is 1. The van der Waals surface area contributed by atoms with Crippen LogP contribution in [0.15, 0.2) is 24.3 Å². The third-order valence-electron chi connectivity index (χ3n) is 3.30. The molecule has 0 unspecified atom stereocenters. The van der Waals surface area contributed by atoms with E-state index in [1.54, 1.807) is 7.11 Å². The molecule has 0 saturated heterocycles. The molecule has 1 aliphatic rings. The molecule has 1 N–H and O–H groups in total. The van der Waals surface area contributed by atoms with Gasteiger partial charge in [-0.25, -0.2) is 0 Å². The maximum Gasteiger partial charge on any atom is 0.223 e. The Balaban J connectivity index is 1.86. The third kappa shape index (κ3) is 4.06. The van der Waals surface area contributed by atoms with Crippen LogP contribution in [-0.4, -0.2) is 19.6 Å². The van der Waals surface area contributed by atoms with Gasteiger partial charge < -0.3 is 10.1 Å². The Hall–Kier alpha value is -0.840. The second-order valence-corrected chi connectivity index (χ2v) is 6.34. The van der Waals surface area contributed by atoms with Gasteiger partial charge in [0.25, 0.3) is 0 Å². The second-order valence-electron chi connectivity index (χ2n) is 4.59. The summed E-state index contributed by atoms with van der Waals surface area (Å²) in [7, 11) is 1.65. The summed E-state index contributed by atoms with van der Waals surface area (Å²) < 4.78 is 6.15. The van der Waals surface area contributed by atoms with E-state index in [9.17, 15) is 4.79 Å². The highest BCUT2D eigenvalue weighted by Crippen LogP contribution is 2.28. The van der Waals surface area contributed by atoms with E-state index < -0.39 is 0 Å². The number of thiophene rings is 1. The van der Waals surface area contributed by atoms with Crippen molar-refractivity contribution in [2.24, 2.45) is 5.92 Å². The summed E-state index contributed by atoms with van der Waals surface area (Å²) in [6.45, 7) is 0.492. The Bertz CT molecular complexity index is 458. The van der Waals surface area contributed by atoms with Crippen LogP contribution in [0, 0.1) is 5.92 Å². The first-order valence-corrected chi connectivity index (χ1v) is 7.61. The number of nitrogens with one attached hydrogen (secondary N) is 1. The first kappa shape index (κ1) is 14.6. The quantitative estimate of drug-likeness (QED) is 0.844. The topological polar surface area (TPSA) is 38.3 Å². The van der Waals surface area contributed by atoms with Crippen LogP contribution in [0.2, 0.25) is 4.34 Å². The van der Waals surface area contributed by atoms with Crippen molar-refractivity contribution in [3.05, 3.63) is 33.5 Å². The van der Waals surface area contributed by atoms with Crippen molar-refractivity contribution in [1.82, 2.24) is 5.32 Å². The first-order valence-electron chi connectivity index (χ1n) is 6.41. The Morgan fingerprint density at radius 3 is 3.00 bits per heavy atom. The van der Waals surface area contributed by atoms with Gasteiger partial charge in [0.1, 0.15) is 6.10 Å². The van der Waals surface area contributed by atoms with Gasteiger partial charge in [0.05, 0.1) is 4.34 Å². The van der Waals surface area contributed by atoms with Crippen molar-refractivity contribution in [3.8, 4) is 0 Å². The van der Waals surface area contributed by atoms with Crippen LogP contribution in [0.3, 0.4) is 0 Å². The molecule has 0 saturated carbocycles. The highest BCUT2D eigenvalue weighted by molar-refractivity contribution is 7.16. The number of allylic oxidation sites excluding steroid dienone is 2. The molecule has 3 nitrogen and oxygen atoms in total. The van der Waals surface area contributed by atoms with Gasteiger partial charge in [-0.05, 0) is 31.4 Å². The number of amides is 1. The van der Waals surface area contributed by atoms with Crippen molar-refractivity contribution in [2.45, 2.75) is 25.4 Å². The molecule has 1 aromatic rings. The average molecular weight is 300 g/mol. The molecule has 2 atom stereocenters. The van der Waals surface area contributed by atoms with E-state index in [0.717, 1.165) is 28.5 Å². The third-order valence-corrected chi connectivity index (χ3v) is 4.62. The van der Waals surface area contributed by atoms with Gasteiger partial charge in [0, 0.05) is 24.4 Å². The first-order chi connectivity index (χ1) is 9.20. The van der Waals surface area contributed by atoms with Gasteiger partial charge in [0.15, 0.2) is 0 Å². The number of methoxy groups -OCH3 is 1. The molecule has 0 spiro atoms. The summed E-state index contributed by atoms with van der Waals surface area (Å²) in [5.41, 5.74) is 0. The fraction of sp³-hybridized carbons (Fsp3) is 0.500. The summed E-state index contributed by atoms with van der Waals surface area (Å²) in [6, 6.07) is 3.79. The Kier molecular flexibility index (Phi) is 5.43. The van der Waals surface area contributed by atoms with E-state index in [1.807, 2.05) is 12.1 Å². The number of rotatable bonds is 5. The van der Waals surface area contributed by atoms with E-state index in [4.69, 9.17) is 16.3 Å². The van der Waals surface area contributed by atoms with Gasteiger partial charge in [-0.1, -0.05) is 23.8 Å². The SMILES string of the molecule is CO[C@@H](CNC(=O)[C@@H]1CC=CCC1)c1ccc(Cl)s1. The zero-order valence-corrected chi connectivity index (χ0v) is 12.5. The van der Waals surface area contributed by atoms with E-state index in [-0.39, 0.29) is 17.9 Å². The van der Waals surface area contributed by atoms with Crippen LogP contribution < -0.4 is 5.32 Å². The molecule has 1 aromatic heterocycles. The maximum atomic E-state index is 12.0. The van der Waals surface area contributed by atoms with Crippen LogP contribution in [0.4, 0.5) is 0 Å². The number of carbonyl (C=O) groups is 1. The number of carbonyl (C=O) groups excluding carboxylic acids is 1. The lowest BCUT2D eigenvalue weighted by Crippen LogP contribution is -2.34. The van der Waals surface area contributed by atoms with Crippen LogP contribution >= 0.6 is 22.9 Å². The highest BCUT2D eigenvalue weighted by Gasteiger charge is 2.20. The molecule has 0 aliphatic heterocycles. The van der Waals surface area contributed by atoms with Gasteiger partial charge >= 0.3 is 0 Å². The molecule has 104 valence electrons. The van der Waals surface area contributed by atoms with E-state index in [0.29, 0.717) is 6.54 Å². The fourth-order valence-electron chi connectivity index (χ4n) is 2.17. The molecule has 0 aromatic carbocycles. The minimum absolute atomic E-state index is 0.106. The van der Waals surface area contributed by atoms with E-state index in [2.05, 4.69) is 17.5 Å².